The number of anilines is 1. The van der Waals surface area contributed by atoms with Crippen LogP contribution in [0.1, 0.15) is 0 Å². The normalized spacial score (nSPS) is 17.3. The minimum Gasteiger partial charge on any atom is -0.333 e. The molecule has 1 aromatic rings. The van der Waals surface area contributed by atoms with E-state index in [1.165, 1.54) is 23.9 Å². The van der Waals surface area contributed by atoms with E-state index in [1.54, 1.807) is 6.26 Å². The molecule has 4 nitrogen and oxygen atoms in total. The standard InChI is InChI=1S/C8H6Cl2N2O2S2/c1-15-8-11-6-3-4(9)2-5(10)7(6)16(13,14)12-8/h2-3H,1H3,(H,11,12). The number of amidine groups is 1. The molecule has 0 spiro atoms. The minimum atomic E-state index is -3.74. The van der Waals surface area contributed by atoms with Crippen LogP contribution in [-0.2, 0) is 10.0 Å². The Labute approximate surface area is 107 Å². The molecule has 1 aliphatic rings. The largest absolute Gasteiger partial charge is 0.333 e. The van der Waals surface area contributed by atoms with Crippen LogP contribution >= 0.6 is 35.0 Å². The number of fused-ring (bicyclic) bond motifs is 1. The molecule has 0 atom stereocenters. The highest BCUT2D eigenvalue weighted by atomic mass is 35.5. The van der Waals surface area contributed by atoms with Gasteiger partial charge in [-0.15, -0.1) is 4.40 Å². The number of thioether (sulfide) groups is 1. The highest BCUT2D eigenvalue weighted by molar-refractivity contribution is 8.14. The van der Waals surface area contributed by atoms with E-state index < -0.39 is 10.0 Å². The Morgan fingerprint density at radius 3 is 2.69 bits per heavy atom. The third-order valence-corrected chi connectivity index (χ3v) is 4.61. The van der Waals surface area contributed by atoms with Crippen LogP contribution in [0.5, 0.6) is 0 Å². The van der Waals surface area contributed by atoms with Crippen molar-refractivity contribution >= 4 is 55.8 Å². The number of benzene rings is 1. The molecule has 0 saturated heterocycles. The molecule has 16 heavy (non-hydrogen) atoms. The number of hydrogen-bond donors (Lipinski definition) is 1. The van der Waals surface area contributed by atoms with Crippen molar-refractivity contribution in [3.05, 3.63) is 22.2 Å². The average Bonchev–Trinajstić information content (AvgIpc) is 2.13. The number of nitrogens with zero attached hydrogens (tertiary/aromatic N) is 1. The van der Waals surface area contributed by atoms with E-state index in [4.69, 9.17) is 23.2 Å². The van der Waals surface area contributed by atoms with Crippen molar-refractivity contribution in [3.63, 3.8) is 0 Å². The predicted octanol–water partition coefficient (Wildman–Crippen LogP) is 2.83. The third kappa shape index (κ3) is 2.02. The Kier molecular flexibility index (Phi) is 3.09. The second-order valence-corrected chi connectivity index (χ2v) is 6.14. The summed E-state index contributed by atoms with van der Waals surface area (Å²) in [6.07, 6.45) is 1.72. The number of halogens is 2. The summed E-state index contributed by atoms with van der Waals surface area (Å²) in [4.78, 5) is -0.0311. The van der Waals surface area contributed by atoms with Gasteiger partial charge in [0.25, 0.3) is 10.0 Å². The first-order valence-corrected chi connectivity index (χ1v) is 7.51. The van der Waals surface area contributed by atoms with E-state index in [0.717, 1.165) is 0 Å². The fourth-order valence-electron chi connectivity index (χ4n) is 1.30. The van der Waals surface area contributed by atoms with Gasteiger partial charge in [0, 0.05) is 5.02 Å². The summed E-state index contributed by atoms with van der Waals surface area (Å²) < 4.78 is 27.2. The molecule has 1 aromatic carbocycles. The molecular weight excluding hydrogens is 291 g/mol. The summed E-state index contributed by atoms with van der Waals surface area (Å²) in [5, 5.41) is 3.58. The smallest absolute Gasteiger partial charge is 0.288 e. The quantitative estimate of drug-likeness (QED) is 0.800. The van der Waals surface area contributed by atoms with Gasteiger partial charge in [-0.05, 0) is 18.4 Å². The zero-order chi connectivity index (χ0) is 11.9. The van der Waals surface area contributed by atoms with Crippen molar-refractivity contribution in [1.82, 2.24) is 0 Å². The van der Waals surface area contributed by atoms with Crippen LogP contribution in [0.25, 0.3) is 0 Å². The molecule has 0 radical (unpaired) electrons. The Balaban J connectivity index is 2.72. The molecule has 0 unspecified atom stereocenters. The monoisotopic (exact) mass is 296 g/mol. The molecule has 2 rings (SSSR count). The summed E-state index contributed by atoms with van der Waals surface area (Å²) in [5.41, 5.74) is 0.358. The Morgan fingerprint density at radius 1 is 1.38 bits per heavy atom. The van der Waals surface area contributed by atoms with Crippen LogP contribution in [0, 0.1) is 0 Å². The molecule has 0 amide bonds. The Morgan fingerprint density at radius 2 is 2.06 bits per heavy atom. The third-order valence-electron chi connectivity index (χ3n) is 1.90. The van der Waals surface area contributed by atoms with E-state index in [-0.39, 0.29) is 9.92 Å². The van der Waals surface area contributed by atoms with Gasteiger partial charge in [-0.2, -0.15) is 8.42 Å². The van der Waals surface area contributed by atoms with E-state index in [1.807, 2.05) is 0 Å². The van der Waals surface area contributed by atoms with Crippen molar-refractivity contribution in [2.75, 3.05) is 11.6 Å². The molecule has 0 fully saturated rings. The van der Waals surface area contributed by atoms with Crippen molar-refractivity contribution in [2.24, 2.45) is 4.40 Å². The van der Waals surface area contributed by atoms with Crippen LogP contribution in [0.3, 0.4) is 0 Å². The number of rotatable bonds is 0. The first-order chi connectivity index (χ1) is 7.44. The highest BCUT2D eigenvalue weighted by Gasteiger charge is 2.27. The number of nitrogens with one attached hydrogen (secondary N) is 1. The Hall–Kier alpha value is -0.430. The van der Waals surface area contributed by atoms with Crippen molar-refractivity contribution in [1.29, 1.82) is 0 Å². The molecular formula is C8H6Cl2N2O2S2. The lowest BCUT2D eigenvalue weighted by molar-refractivity contribution is 0.598. The van der Waals surface area contributed by atoms with Gasteiger partial charge in [0.1, 0.15) is 4.90 Å². The zero-order valence-electron chi connectivity index (χ0n) is 7.99. The SMILES string of the molecule is CSC1=NS(=O)(=O)c2c(Cl)cc(Cl)cc2N1. The number of sulfonamides is 1. The van der Waals surface area contributed by atoms with Gasteiger partial charge < -0.3 is 5.32 Å². The maximum Gasteiger partial charge on any atom is 0.288 e. The van der Waals surface area contributed by atoms with E-state index >= 15 is 0 Å². The lowest BCUT2D eigenvalue weighted by Gasteiger charge is -2.17. The number of hydrogen-bond acceptors (Lipinski definition) is 4. The second kappa shape index (κ2) is 4.10. The van der Waals surface area contributed by atoms with Gasteiger partial charge >= 0.3 is 0 Å². The van der Waals surface area contributed by atoms with Gasteiger partial charge in [-0.1, -0.05) is 35.0 Å². The van der Waals surface area contributed by atoms with E-state index in [0.29, 0.717) is 15.9 Å². The van der Waals surface area contributed by atoms with E-state index in [9.17, 15) is 8.42 Å². The lowest BCUT2D eigenvalue weighted by atomic mass is 10.3. The molecule has 1 N–H and O–H groups in total. The van der Waals surface area contributed by atoms with E-state index in [2.05, 4.69) is 9.71 Å². The van der Waals surface area contributed by atoms with Crippen molar-refractivity contribution in [2.45, 2.75) is 4.90 Å². The van der Waals surface area contributed by atoms with Crippen LogP contribution in [-0.4, -0.2) is 19.8 Å². The Bertz CT molecular complexity index is 584. The van der Waals surface area contributed by atoms with Crippen LogP contribution in [0.2, 0.25) is 10.0 Å². The van der Waals surface area contributed by atoms with Crippen LogP contribution in [0.15, 0.2) is 21.4 Å². The summed E-state index contributed by atoms with van der Waals surface area (Å²) in [5.74, 6) is 0. The summed E-state index contributed by atoms with van der Waals surface area (Å²) >= 11 is 12.8. The fourth-order valence-corrected chi connectivity index (χ4v) is 3.94. The van der Waals surface area contributed by atoms with Gasteiger partial charge in [0.15, 0.2) is 5.17 Å². The molecule has 0 aliphatic carbocycles. The second-order valence-electron chi connectivity index (χ2n) is 2.96. The zero-order valence-corrected chi connectivity index (χ0v) is 11.1. The molecule has 0 saturated carbocycles. The minimum absolute atomic E-state index is 0.0311. The van der Waals surface area contributed by atoms with Gasteiger partial charge in [0.2, 0.25) is 0 Å². The average molecular weight is 297 g/mol. The molecule has 86 valence electrons. The summed E-state index contributed by atoms with van der Waals surface area (Å²) in [6, 6.07) is 2.88. The van der Waals surface area contributed by atoms with Gasteiger partial charge in [-0.25, -0.2) is 0 Å². The van der Waals surface area contributed by atoms with Gasteiger partial charge in [0.05, 0.1) is 10.7 Å². The summed E-state index contributed by atoms with van der Waals surface area (Å²) in [6.45, 7) is 0. The maximum atomic E-state index is 11.8. The lowest BCUT2D eigenvalue weighted by Crippen LogP contribution is -2.18. The van der Waals surface area contributed by atoms with Crippen molar-refractivity contribution < 1.29 is 8.42 Å². The van der Waals surface area contributed by atoms with Crippen molar-refractivity contribution in [3.8, 4) is 0 Å². The first-order valence-electron chi connectivity index (χ1n) is 4.09. The summed E-state index contributed by atoms with van der Waals surface area (Å²) in [7, 11) is -3.74. The highest BCUT2D eigenvalue weighted by Crippen LogP contribution is 2.37. The predicted molar refractivity (Wildman–Crippen MR) is 68.2 cm³/mol. The molecule has 0 aromatic heterocycles. The topological polar surface area (TPSA) is 58.5 Å². The molecule has 8 heteroatoms. The molecule has 1 aliphatic heterocycles. The van der Waals surface area contributed by atoms with Gasteiger partial charge in [-0.3, -0.25) is 0 Å². The van der Waals surface area contributed by atoms with Crippen LogP contribution in [0.4, 0.5) is 5.69 Å². The molecule has 0 bridgehead atoms. The maximum absolute atomic E-state index is 11.8. The molecule has 1 heterocycles. The van der Waals surface area contributed by atoms with Crippen LogP contribution < -0.4 is 5.32 Å². The first kappa shape index (κ1) is 12.0. The fraction of sp³-hybridized carbons (Fsp3) is 0.125.